The molecule has 2 aromatic carbocycles. The normalized spacial score (nSPS) is 11.5. The summed E-state index contributed by atoms with van der Waals surface area (Å²) >= 11 is 1.32. The molecule has 3 aromatic rings. The highest BCUT2D eigenvalue weighted by atomic mass is 32.1. The Morgan fingerprint density at radius 2 is 1.92 bits per heavy atom. The van der Waals surface area contributed by atoms with Crippen molar-refractivity contribution < 1.29 is 9.53 Å². The topological polar surface area (TPSA) is 63.0 Å². The van der Waals surface area contributed by atoms with Crippen LogP contribution in [0.3, 0.4) is 0 Å². The molecule has 1 aromatic heterocycles. The third-order valence-electron chi connectivity index (χ3n) is 3.75. The Morgan fingerprint density at radius 3 is 2.64 bits per heavy atom. The lowest BCUT2D eigenvalue weighted by Crippen LogP contribution is -2.19. The number of hydrogen-bond donors (Lipinski definition) is 0. The maximum absolute atomic E-state index is 12.4. The summed E-state index contributed by atoms with van der Waals surface area (Å²) in [6, 6.07) is 19.2. The van der Waals surface area contributed by atoms with Crippen molar-refractivity contribution in [2.24, 2.45) is 0 Å². The van der Waals surface area contributed by atoms with E-state index in [0.717, 1.165) is 16.8 Å². The number of aromatic nitrogens is 1. The van der Waals surface area contributed by atoms with Gasteiger partial charge in [0.05, 0.1) is 11.8 Å². The lowest BCUT2D eigenvalue weighted by Gasteiger charge is -2.09. The quantitative estimate of drug-likeness (QED) is 0.663. The van der Waals surface area contributed by atoms with Crippen LogP contribution in [0.4, 0.5) is 0 Å². The average molecular weight is 348 g/mol. The van der Waals surface area contributed by atoms with Gasteiger partial charge in [0.25, 0.3) is 0 Å². The Hall–Kier alpha value is -2.97. The molecule has 1 atom stereocenters. The molecule has 1 unspecified atom stereocenters. The summed E-state index contributed by atoms with van der Waals surface area (Å²) in [6.45, 7) is 1.76. The first kappa shape index (κ1) is 16.9. The van der Waals surface area contributed by atoms with Gasteiger partial charge in [0.15, 0.2) is 11.7 Å². The number of Topliss-reactive ketones (excluding diaryl/α,β-unsaturated/α-hetero) is 1. The second-order valence-corrected chi connectivity index (χ2v) is 6.41. The molecule has 0 saturated carbocycles. The summed E-state index contributed by atoms with van der Waals surface area (Å²) in [5.41, 5.74) is 2.68. The van der Waals surface area contributed by atoms with E-state index in [1.54, 1.807) is 6.07 Å². The van der Waals surface area contributed by atoms with Crippen LogP contribution in [0.2, 0.25) is 0 Å². The first-order valence-corrected chi connectivity index (χ1v) is 8.68. The number of nitriles is 1. The largest absolute Gasteiger partial charge is 0.485 e. The fraction of sp³-hybridized carbons (Fsp3) is 0.150. The van der Waals surface area contributed by atoms with Gasteiger partial charge >= 0.3 is 0 Å². The number of thiazole rings is 1. The molecular formula is C20H16N2O2S. The lowest BCUT2D eigenvalue weighted by atomic mass is 10.1. The Balaban J connectivity index is 1.72. The number of nitrogens with zero attached hydrogens (tertiary/aromatic N) is 2. The van der Waals surface area contributed by atoms with E-state index < -0.39 is 5.92 Å². The predicted octanol–water partition coefficient (Wildman–Crippen LogP) is 4.37. The number of ether oxygens (including phenoxy) is 1. The molecule has 0 fully saturated rings. The van der Waals surface area contributed by atoms with Crippen molar-refractivity contribution >= 4 is 17.1 Å². The van der Waals surface area contributed by atoms with Crippen LogP contribution in [0.5, 0.6) is 5.75 Å². The van der Waals surface area contributed by atoms with Gasteiger partial charge in [0, 0.05) is 10.9 Å². The molecule has 0 saturated heterocycles. The Labute approximate surface area is 150 Å². The molecule has 124 valence electrons. The van der Waals surface area contributed by atoms with E-state index in [9.17, 15) is 10.1 Å². The van der Waals surface area contributed by atoms with E-state index in [0.29, 0.717) is 10.8 Å². The van der Waals surface area contributed by atoms with Crippen LogP contribution in [-0.4, -0.2) is 17.4 Å². The molecule has 5 heteroatoms. The summed E-state index contributed by atoms with van der Waals surface area (Å²) in [7, 11) is 0. The van der Waals surface area contributed by atoms with E-state index in [1.807, 2.05) is 60.8 Å². The van der Waals surface area contributed by atoms with Gasteiger partial charge in [-0.2, -0.15) is 5.26 Å². The Kier molecular flexibility index (Phi) is 5.22. The molecule has 4 nitrogen and oxygen atoms in total. The van der Waals surface area contributed by atoms with E-state index in [2.05, 4.69) is 11.1 Å². The van der Waals surface area contributed by atoms with E-state index >= 15 is 0 Å². The van der Waals surface area contributed by atoms with Crippen molar-refractivity contribution in [3.8, 4) is 23.1 Å². The molecule has 0 aliphatic carbocycles. The van der Waals surface area contributed by atoms with Crippen molar-refractivity contribution in [3.05, 3.63) is 70.5 Å². The van der Waals surface area contributed by atoms with Crippen molar-refractivity contribution in [1.82, 2.24) is 4.98 Å². The minimum Gasteiger partial charge on any atom is -0.485 e. The van der Waals surface area contributed by atoms with Crippen molar-refractivity contribution in [1.29, 1.82) is 5.26 Å². The zero-order valence-corrected chi connectivity index (χ0v) is 14.5. The minimum atomic E-state index is -0.911. The van der Waals surface area contributed by atoms with Crippen molar-refractivity contribution in [2.75, 3.05) is 6.61 Å². The second-order valence-electron chi connectivity index (χ2n) is 5.52. The fourth-order valence-electron chi connectivity index (χ4n) is 2.38. The average Bonchev–Trinajstić information content (AvgIpc) is 3.12. The minimum absolute atomic E-state index is 0.149. The van der Waals surface area contributed by atoms with E-state index in [1.165, 1.54) is 11.3 Å². The number of carbonyl (C=O) groups excluding carboxylic acids is 1. The second kappa shape index (κ2) is 7.73. The van der Waals surface area contributed by atoms with Crippen molar-refractivity contribution in [2.45, 2.75) is 12.8 Å². The highest BCUT2D eigenvalue weighted by Gasteiger charge is 2.24. The molecule has 0 spiro atoms. The van der Waals surface area contributed by atoms with Crippen LogP contribution in [0.1, 0.15) is 16.5 Å². The highest BCUT2D eigenvalue weighted by Crippen LogP contribution is 2.27. The highest BCUT2D eigenvalue weighted by molar-refractivity contribution is 7.10. The molecule has 0 aliphatic heterocycles. The van der Waals surface area contributed by atoms with Crippen LogP contribution in [0, 0.1) is 18.3 Å². The van der Waals surface area contributed by atoms with Crippen LogP contribution in [0.25, 0.3) is 11.3 Å². The standard InChI is InChI=1S/C20H16N2O2S/c1-14-7-5-6-10-19(14)24-12-18(23)16(11-21)20-22-17(13-25-20)15-8-3-2-4-9-15/h2-10,13,16H,12H2,1H3. The molecule has 3 rings (SSSR count). The Bertz CT molecular complexity index is 913. The smallest absolute Gasteiger partial charge is 0.194 e. The van der Waals surface area contributed by atoms with Crippen LogP contribution in [-0.2, 0) is 4.79 Å². The van der Waals surface area contributed by atoms with Crippen LogP contribution < -0.4 is 4.74 Å². The molecule has 25 heavy (non-hydrogen) atoms. The summed E-state index contributed by atoms with van der Waals surface area (Å²) in [6.07, 6.45) is 0. The summed E-state index contributed by atoms with van der Waals surface area (Å²) in [4.78, 5) is 16.9. The van der Waals surface area contributed by atoms with Gasteiger partial charge in [0.1, 0.15) is 17.4 Å². The van der Waals surface area contributed by atoms with Gasteiger partial charge in [0.2, 0.25) is 0 Å². The van der Waals surface area contributed by atoms with E-state index in [4.69, 9.17) is 4.74 Å². The van der Waals surface area contributed by atoms with Crippen LogP contribution in [0.15, 0.2) is 60.0 Å². The molecular weight excluding hydrogens is 332 g/mol. The van der Waals surface area contributed by atoms with Gasteiger partial charge in [-0.1, -0.05) is 48.5 Å². The predicted molar refractivity (Wildman–Crippen MR) is 97.6 cm³/mol. The van der Waals surface area contributed by atoms with E-state index in [-0.39, 0.29) is 12.4 Å². The van der Waals surface area contributed by atoms with Crippen molar-refractivity contribution in [3.63, 3.8) is 0 Å². The number of rotatable bonds is 6. The van der Waals surface area contributed by atoms with Crippen LogP contribution >= 0.6 is 11.3 Å². The Morgan fingerprint density at radius 1 is 1.20 bits per heavy atom. The van der Waals surface area contributed by atoms with Gasteiger partial charge in [-0.05, 0) is 18.6 Å². The molecule has 0 bridgehead atoms. The number of benzene rings is 2. The summed E-state index contributed by atoms with van der Waals surface area (Å²) in [5.74, 6) is -0.553. The van der Waals surface area contributed by atoms with Gasteiger partial charge in [-0.15, -0.1) is 11.3 Å². The number of para-hydroxylation sites is 1. The number of aryl methyl sites for hydroxylation is 1. The monoisotopic (exact) mass is 348 g/mol. The fourth-order valence-corrected chi connectivity index (χ4v) is 3.27. The van der Waals surface area contributed by atoms with Gasteiger partial charge in [-0.25, -0.2) is 4.98 Å². The lowest BCUT2D eigenvalue weighted by molar-refractivity contribution is -0.121. The summed E-state index contributed by atoms with van der Waals surface area (Å²) < 4.78 is 5.57. The van der Waals surface area contributed by atoms with Gasteiger partial charge in [-0.3, -0.25) is 4.79 Å². The van der Waals surface area contributed by atoms with Gasteiger partial charge < -0.3 is 4.74 Å². The zero-order chi connectivity index (χ0) is 17.6. The SMILES string of the molecule is Cc1ccccc1OCC(=O)C(C#N)c1nc(-c2ccccc2)cs1. The molecule has 0 N–H and O–H groups in total. The third kappa shape index (κ3) is 3.93. The first-order valence-electron chi connectivity index (χ1n) is 7.80. The molecule has 0 aliphatic rings. The zero-order valence-electron chi connectivity index (χ0n) is 13.7. The molecule has 0 amide bonds. The third-order valence-corrected chi connectivity index (χ3v) is 4.66. The number of hydrogen-bond acceptors (Lipinski definition) is 5. The first-order chi connectivity index (χ1) is 12.2. The number of carbonyl (C=O) groups is 1. The maximum Gasteiger partial charge on any atom is 0.194 e. The molecule has 0 radical (unpaired) electrons. The number of ketones is 1. The maximum atomic E-state index is 12.4. The summed E-state index contributed by atoms with van der Waals surface area (Å²) in [5, 5.41) is 11.8. The molecule has 1 heterocycles.